The SMILES string of the molecule is CCCCCCC1(CCCCCC)c2cc(-c3ccc(OC(C)C)cc3)ccc2-c2ccc(-c3ccc4c(c3)C(CCCCCC)(CCCCCC)c3cc(-c5ccc(-c6ccc7c(c6)C(CCCCCC)(CCCCCC)c6cc(-c8ccc9c(c8)C(CCCCCC)(CCCCCC)c8cc(-c%10ccc(OC(C)C)cc%10)ccc8-9)ccc6-7)c6nsnc56)ccc3-4)cc21. The fraction of sp³-hybridized carbons (Fsp3) is 0.468. The molecule has 0 radical (unpaired) electrons. The lowest BCUT2D eigenvalue weighted by Gasteiger charge is -2.34. The van der Waals surface area contributed by atoms with E-state index < -0.39 is 0 Å². The molecule has 4 nitrogen and oxygen atoms in total. The van der Waals surface area contributed by atoms with Gasteiger partial charge in [0.05, 0.1) is 23.9 Å². The first kappa shape index (κ1) is 93.1. The maximum atomic E-state index is 6.16. The van der Waals surface area contributed by atoms with Crippen LogP contribution in [0.1, 0.15) is 384 Å². The fourth-order valence-corrected chi connectivity index (χ4v) is 24.8. The summed E-state index contributed by atoms with van der Waals surface area (Å²) in [6, 6.07) is 83.9. The molecule has 16 rings (SSSR count). The minimum absolute atomic E-state index is 0.0750. The van der Waals surface area contributed by atoms with Crippen molar-refractivity contribution in [3.05, 3.63) is 251 Å². The summed E-state index contributed by atoms with van der Waals surface area (Å²) in [6.45, 7) is 27.4. The number of aromatic nitrogens is 2. The maximum absolute atomic E-state index is 6.16. The standard InChI is InChI=1S/C124H152N2O2S/c1-13-21-29-37-71-121(72-38-30-22-14-2)111-79-91(89-45-57-99(58-46-89)127-87(9)10)49-61-103(111)105-63-51-93(81-113(105)121)95-53-65-107-109-67-55-97(85-117(109)123(115(107)83-95,75-41-33-25-17-5)76-42-34-26-18-6)101-69-70-102(120-119(101)125-129-126-120)98-56-68-110-108-66-54-96(84-116(108)124(118(110)86-98,77-43-35-27-19-7)78-44-36-28-20-8)94-52-64-106-104-62-50-92(90-47-59-100(60-48-90)128-88(11)12)80-112(104)122(114(106)82-94,73-39-31-23-15-3)74-40-32-24-16-4/h45-70,79-88H,13-44,71-78H2,1-12H3. The maximum Gasteiger partial charge on any atom is 0.119 e. The zero-order valence-electron chi connectivity index (χ0n) is 81.2. The molecule has 0 saturated carbocycles. The van der Waals surface area contributed by atoms with Gasteiger partial charge in [0, 0.05) is 32.8 Å². The molecule has 1 aromatic heterocycles. The third kappa shape index (κ3) is 19.3. The number of unbranched alkanes of at least 4 members (excludes halogenated alkanes) is 24. The second-order valence-corrected chi connectivity index (χ2v) is 40.9. The minimum Gasteiger partial charge on any atom is -0.491 e. The normalized spacial score (nSPS) is 14.3. The van der Waals surface area contributed by atoms with E-state index in [0.717, 1.165) is 48.2 Å². The second kappa shape index (κ2) is 43.0. The Kier molecular flexibility index (Phi) is 31.0. The quantitative estimate of drug-likeness (QED) is 0.0357. The molecule has 1 heterocycles. The van der Waals surface area contributed by atoms with Crippen LogP contribution in [-0.2, 0) is 21.7 Å². The Bertz CT molecular complexity index is 5350. The highest BCUT2D eigenvalue weighted by molar-refractivity contribution is 7.00. The van der Waals surface area contributed by atoms with Crippen LogP contribution in [0.25, 0.3) is 122 Å². The van der Waals surface area contributed by atoms with E-state index in [4.69, 9.17) is 18.2 Å². The van der Waals surface area contributed by atoms with Crippen LogP contribution in [0.3, 0.4) is 0 Å². The molecule has 0 saturated heterocycles. The molecule has 4 aliphatic carbocycles. The second-order valence-electron chi connectivity index (χ2n) is 40.4. The molecule has 0 amide bonds. The van der Waals surface area contributed by atoms with Gasteiger partial charge in [0.1, 0.15) is 22.5 Å². The van der Waals surface area contributed by atoms with Crippen molar-refractivity contribution in [2.24, 2.45) is 0 Å². The summed E-state index contributed by atoms with van der Waals surface area (Å²) in [5.41, 5.74) is 40.8. The number of nitrogens with zero attached hydrogens (tertiary/aromatic N) is 2. The molecule has 12 aromatic rings. The lowest BCUT2D eigenvalue weighted by atomic mass is 9.69. The topological polar surface area (TPSA) is 44.2 Å². The number of hydrogen-bond donors (Lipinski definition) is 0. The van der Waals surface area contributed by atoms with Crippen LogP contribution < -0.4 is 9.47 Å². The van der Waals surface area contributed by atoms with Gasteiger partial charge in [0.25, 0.3) is 0 Å². The van der Waals surface area contributed by atoms with Crippen LogP contribution >= 0.6 is 11.7 Å². The average molecular weight is 1730 g/mol. The van der Waals surface area contributed by atoms with Gasteiger partial charge in [-0.2, -0.15) is 8.75 Å². The predicted octanol–water partition coefficient (Wildman–Crippen LogP) is 38.1. The van der Waals surface area contributed by atoms with Crippen LogP contribution in [0, 0.1) is 0 Å². The number of hydrogen-bond acceptors (Lipinski definition) is 5. The first-order valence-corrected chi connectivity index (χ1v) is 52.9. The molecule has 5 heteroatoms. The number of fused-ring (bicyclic) bond motifs is 13. The van der Waals surface area contributed by atoms with Crippen molar-refractivity contribution in [1.29, 1.82) is 0 Å². The van der Waals surface area contributed by atoms with Gasteiger partial charge in [-0.1, -0.05) is 394 Å². The van der Waals surface area contributed by atoms with Gasteiger partial charge in [0.2, 0.25) is 0 Å². The Morgan fingerprint density at radius 3 is 0.566 bits per heavy atom. The van der Waals surface area contributed by atoms with Crippen molar-refractivity contribution < 1.29 is 9.47 Å². The fourth-order valence-electron chi connectivity index (χ4n) is 24.2. The van der Waals surface area contributed by atoms with Gasteiger partial charge in [-0.3, -0.25) is 0 Å². The molecule has 4 aliphatic rings. The van der Waals surface area contributed by atoms with E-state index in [2.05, 4.69) is 289 Å². The summed E-state index contributed by atoms with van der Waals surface area (Å²) < 4.78 is 23.1. The van der Waals surface area contributed by atoms with E-state index >= 15 is 0 Å². The van der Waals surface area contributed by atoms with Crippen LogP contribution in [0.5, 0.6) is 11.5 Å². The minimum atomic E-state index is -0.144. The van der Waals surface area contributed by atoms with Crippen LogP contribution in [0.4, 0.5) is 0 Å². The van der Waals surface area contributed by atoms with Crippen molar-refractivity contribution >= 4 is 22.8 Å². The first-order valence-electron chi connectivity index (χ1n) is 52.2. The van der Waals surface area contributed by atoms with Crippen molar-refractivity contribution in [3.8, 4) is 123 Å². The van der Waals surface area contributed by atoms with E-state index in [0.29, 0.717) is 0 Å². The zero-order valence-corrected chi connectivity index (χ0v) is 82.0. The van der Waals surface area contributed by atoms with Gasteiger partial charge < -0.3 is 9.47 Å². The molecule has 0 unspecified atom stereocenters. The van der Waals surface area contributed by atoms with Crippen LogP contribution in [-0.4, -0.2) is 21.0 Å². The van der Waals surface area contributed by atoms with E-state index in [1.165, 1.54) is 365 Å². The summed E-state index contributed by atoms with van der Waals surface area (Å²) in [4.78, 5) is 0. The van der Waals surface area contributed by atoms with Gasteiger partial charge in [-0.15, -0.1) is 0 Å². The van der Waals surface area contributed by atoms with Crippen molar-refractivity contribution in [2.75, 3.05) is 0 Å². The summed E-state index contributed by atoms with van der Waals surface area (Å²) in [6.07, 6.45) is 49.4. The summed E-state index contributed by atoms with van der Waals surface area (Å²) in [5.74, 6) is 1.86. The zero-order chi connectivity index (χ0) is 89.5. The molecule has 0 fully saturated rings. The molecular weight excluding hydrogens is 1580 g/mol. The summed E-state index contributed by atoms with van der Waals surface area (Å²) >= 11 is 1.39. The molecule has 0 atom stereocenters. The Morgan fingerprint density at radius 2 is 0.372 bits per heavy atom. The van der Waals surface area contributed by atoms with E-state index in [-0.39, 0.29) is 33.9 Å². The predicted molar refractivity (Wildman–Crippen MR) is 556 cm³/mol. The highest BCUT2D eigenvalue weighted by Crippen LogP contribution is 2.62. The van der Waals surface area contributed by atoms with Gasteiger partial charge in [-0.25, -0.2) is 0 Å². The summed E-state index contributed by atoms with van der Waals surface area (Å²) in [5, 5.41) is 0. The highest BCUT2D eigenvalue weighted by atomic mass is 32.1. The van der Waals surface area contributed by atoms with Gasteiger partial charge in [0.15, 0.2) is 0 Å². The highest BCUT2D eigenvalue weighted by Gasteiger charge is 2.48. The molecule has 0 bridgehead atoms. The number of ether oxygens (including phenoxy) is 2. The van der Waals surface area contributed by atoms with E-state index in [1.54, 1.807) is 33.4 Å². The van der Waals surface area contributed by atoms with E-state index in [1.807, 2.05) is 0 Å². The lowest BCUT2D eigenvalue weighted by Crippen LogP contribution is -2.26. The van der Waals surface area contributed by atoms with Crippen LogP contribution in [0.15, 0.2) is 206 Å². The Balaban J connectivity index is 0.767. The average Bonchev–Trinajstić information content (AvgIpc) is 1.56. The molecule has 129 heavy (non-hydrogen) atoms. The third-order valence-corrected chi connectivity index (χ3v) is 31.5. The van der Waals surface area contributed by atoms with Crippen molar-refractivity contribution in [2.45, 2.75) is 374 Å². The molecule has 0 spiro atoms. The molecule has 0 N–H and O–H groups in total. The molecule has 0 aliphatic heterocycles. The van der Waals surface area contributed by atoms with Crippen LogP contribution in [0.2, 0.25) is 0 Å². The van der Waals surface area contributed by atoms with Gasteiger partial charge in [-0.05, 0) is 297 Å². The first-order chi connectivity index (χ1) is 63.2. The van der Waals surface area contributed by atoms with Gasteiger partial charge >= 0.3 is 0 Å². The summed E-state index contributed by atoms with van der Waals surface area (Å²) in [7, 11) is 0. The Labute approximate surface area is 782 Å². The Hall–Kier alpha value is -9.16. The largest absolute Gasteiger partial charge is 0.491 e. The molecule has 11 aromatic carbocycles. The van der Waals surface area contributed by atoms with E-state index in [9.17, 15) is 0 Å². The number of rotatable bonds is 50. The lowest BCUT2D eigenvalue weighted by molar-refractivity contribution is 0.242. The smallest absolute Gasteiger partial charge is 0.119 e. The number of benzene rings is 11. The molecule has 676 valence electrons. The molecular formula is C124H152N2O2S. The third-order valence-electron chi connectivity index (χ3n) is 30.9. The van der Waals surface area contributed by atoms with Crippen molar-refractivity contribution in [1.82, 2.24) is 8.75 Å². The Morgan fingerprint density at radius 1 is 0.202 bits per heavy atom. The monoisotopic (exact) mass is 1730 g/mol. The van der Waals surface area contributed by atoms with Crippen molar-refractivity contribution in [3.63, 3.8) is 0 Å².